The molecule has 0 radical (unpaired) electrons. The van der Waals surface area contributed by atoms with E-state index < -0.39 is 0 Å². The van der Waals surface area contributed by atoms with Crippen molar-refractivity contribution in [2.75, 3.05) is 0 Å². The average Bonchev–Trinajstić information content (AvgIpc) is 3.71. The Bertz CT molecular complexity index is 4610. The fourth-order valence-corrected chi connectivity index (χ4v) is 13.4. The molecule has 6 heteroatoms. The third-order valence-electron chi connectivity index (χ3n) is 17.7. The van der Waals surface area contributed by atoms with Gasteiger partial charge in [-0.3, -0.25) is 0 Å². The molecule has 0 spiro atoms. The van der Waals surface area contributed by atoms with E-state index in [-0.39, 0.29) is 0 Å². The van der Waals surface area contributed by atoms with Crippen molar-refractivity contribution in [2.45, 2.75) is 67.0 Å². The van der Waals surface area contributed by atoms with Crippen LogP contribution in [0.5, 0.6) is 0 Å². The van der Waals surface area contributed by atoms with Gasteiger partial charge in [0.25, 0.3) is 0 Å². The standard InChI is InChI=1S/C18H14N.4C13H12N.C12H10N/c1-2-6-14(7-3-1)15-9-10-16-13-19-11-5-4-8-18(19)17(16)12-15;1-10-5-4-8-14-9-11-6-2-3-7-12(11)13(10)14;1-10-5-6-12-11(8-10)9-14-7-3-2-4-13(12)14;1-10-6-7-14-9-11-4-2-3-5-12(11)13(14)8-10;1-10-6-7-13-12-5-3-2-4-11(12)9-14(13)8-10;1-2-6-11-10(5-1)9-13-8-4-3-7-12(11)13/h1-12H,13H2;4*2-8H,9H2,1H3;1-8H,9H2/q6*+1. The van der Waals surface area contributed by atoms with Gasteiger partial charge in [0.05, 0.1) is 33.4 Å². The van der Waals surface area contributed by atoms with Crippen molar-refractivity contribution in [2.24, 2.45) is 0 Å². The fraction of sp³-hybridized carbons (Fsp3) is 0.122. The molecular formula is C82H72N6+6. The summed E-state index contributed by atoms with van der Waals surface area (Å²) in [7, 11) is 0. The third kappa shape index (κ3) is 11.3. The number of hydrogen-bond acceptors (Lipinski definition) is 0. The van der Waals surface area contributed by atoms with Gasteiger partial charge < -0.3 is 0 Å². The van der Waals surface area contributed by atoms with E-state index in [4.69, 9.17) is 0 Å². The minimum atomic E-state index is 0.987. The van der Waals surface area contributed by atoms with Crippen LogP contribution in [0, 0.1) is 27.7 Å². The number of nitrogens with zero attached hydrogens (tertiary/aromatic N) is 6. The van der Waals surface area contributed by atoms with E-state index in [0.29, 0.717) is 0 Å². The molecular weight excluding hydrogens is 1070 g/mol. The van der Waals surface area contributed by atoms with Gasteiger partial charge in [-0.05, 0) is 117 Å². The minimum absolute atomic E-state index is 0.987. The SMILES string of the molecule is Cc1cc[n+]2c(c1)-c1ccccc1C2.Cc1ccc2[n+](c1)Cc1ccccc1-2.Cc1ccc2c(c1)C[n+]1ccccc1-2.Cc1ccc[n+]2c1-c1ccccc1C2.c1ccc(-c2ccc3c(c2)-c2cccc[n+]2C3)cc1.c1ccc2c(c1)C[n+]1ccccc1-2. The fourth-order valence-electron chi connectivity index (χ4n) is 13.4. The van der Waals surface area contributed by atoms with Crippen molar-refractivity contribution in [1.29, 1.82) is 0 Å². The summed E-state index contributed by atoms with van der Waals surface area (Å²) in [6.07, 6.45) is 13.0. The van der Waals surface area contributed by atoms with E-state index in [0.717, 1.165) is 39.3 Å². The van der Waals surface area contributed by atoms with Gasteiger partial charge in [0.15, 0.2) is 76.4 Å². The highest BCUT2D eigenvalue weighted by Crippen LogP contribution is 2.33. The van der Waals surface area contributed by atoms with Crippen LogP contribution in [0.2, 0.25) is 0 Å². The van der Waals surface area contributed by atoms with Gasteiger partial charge in [-0.2, -0.15) is 27.4 Å². The Hall–Kier alpha value is -10.6. The first-order valence-corrected chi connectivity index (χ1v) is 30.8. The molecule has 19 rings (SSSR count). The van der Waals surface area contributed by atoms with Gasteiger partial charge in [-0.1, -0.05) is 127 Å². The van der Waals surface area contributed by atoms with Crippen molar-refractivity contribution >= 4 is 0 Å². The molecule has 424 valence electrons. The second-order valence-electron chi connectivity index (χ2n) is 23.8. The number of aryl methyl sites for hydroxylation is 4. The first-order chi connectivity index (χ1) is 43.3. The maximum absolute atomic E-state index is 2.32. The molecule has 0 N–H and O–H groups in total. The number of pyridine rings is 6. The lowest BCUT2D eigenvalue weighted by molar-refractivity contribution is -0.672. The van der Waals surface area contributed by atoms with Gasteiger partial charge in [-0.15, -0.1) is 0 Å². The van der Waals surface area contributed by atoms with Crippen molar-refractivity contribution in [3.05, 3.63) is 348 Å². The first-order valence-electron chi connectivity index (χ1n) is 30.8. The maximum Gasteiger partial charge on any atom is 0.216 e. The number of benzene rings is 7. The van der Waals surface area contributed by atoms with E-state index in [9.17, 15) is 0 Å². The zero-order valence-corrected chi connectivity index (χ0v) is 50.6. The van der Waals surface area contributed by atoms with Crippen LogP contribution < -0.4 is 27.4 Å². The van der Waals surface area contributed by atoms with E-state index in [2.05, 4.69) is 347 Å². The summed E-state index contributed by atoms with van der Waals surface area (Å²) in [6.45, 7) is 14.7. The summed E-state index contributed by atoms with van der Waals surface area (Å²) in [6, 6.07) is 90.7. The lowest BCUT2D eigenvalue weighted by Crippen LogP contribution is -2.32. The smallest absolute Gasteiger partial charge is 0.194 e. The molecule has 6 aliphatic rings. The summed E-state index contributed by atoms with van der Waals surface area (Å²) in [5, 5.41) is 0. The number of hydrogen-bond donors (Lipinski definition) is 0. The number of aromatic nitrogens is 6. The predicted octanol–water partition coefficient (Wildman–Crippen LogP) is 14.9. The van der Waals surface area contributed by atoms with E-state index in [1.807, 2.05) is 0 Å². The summed E-state index contributed by atoms with van der Waals surface area (Å²) in [5.41, 5.74) is 32.8. The zero-order chi connectivity index (χ0) is 59.5. The monoisotopic (exact) mass is 1140 g/mol. The molecule has 12 heterocycles. The Labute approximate surface area is 517 Å². The van der Waals surface area contributed by atoms with Crippen LogP contribution in [0.3, 0.4) is 0 Å². The summed E-state index contributed by atoms with van der Waals surface area (Å²) in [5.74, 6) is 0. The molecule has 6 aromatic heterocycles. The van der Waals surface area contributed by atoms with Crippen LogP contribution in [0.4, 0.5) is 0 Å². The first kappa shape index (κ1) is 55.3. The van der Waals surface area contributed by atoms with Crippen molar-refractivity contribution in [3.8, 4) is 78.7 Å². The number of rotatable bonds is 1. The third-order valence-corrected chi connectivity index (χ3v) is 17.7. The molecule has 13 aromatic rings. The predicted molar refractivity (Wildman–Crippen MR) is 351 cm³/mol. The Kier molecular flexibility index (Phi) is 15.4. The van der Waals surface area contributed by atoms with Crippen molar-refractivity contribution in [3.63, 3.8) is 0 Å². The molecule has 7 aromatic carbocycles. The van der Waals surface area contributed by atoms with Crippen LogP contribution in [0.25, 0.3) is 78.7 Å². The molecule has 0 saturated carbocycles. The quantitative estimate of drug-likeness (QED) is 0.146. The van der Waals surface area contributed by atoms with Crippen LogP contribution >= 0.6 is 0 Å². The van der Waals surface area contributed by atoms with E-state index in [1.54, 1.807) is 0 Å². The van der Waals surface area contributed by atoms with Gasteiger partial charge in [0, 0.05) is 105 Å². The van der Waals surface area contributed by atoms with Crippen LogP contribution in [-0.4, -0.2) is 0 Å². The van der Waals surface area contributed by atoms with Gasteiger partial charge in [0.2, 0.25) is 34.2 Å². The summed E-state index contributed by atoms with van der Waals surface area (Å²) in [4.78, 5) is 0. The van der Waals surface area contributed by atoms with Gasteiger partial charge in [-0.25, -0.2) is 0 Å². The van der Waals surface area contributed by atoms with Crippen LogP contribution in [0.15, 0.2) is 292 Å². The Morgan fingerprint density at radius 3 is 1.28 bits per heavy atom. The van der Waals surface area contributed by atoms with Crippen molar-refractivity contribution < 1.29 is 27.4 Å². The molecule has 0 fully saturated rings. The summed E-state index contributed by atoms with van der Waals surface area (Å²) < 4.78 is 13.8. The highest BCUT2D eigenvalue weighted by atomic mass is 15.0. The molecule has 0 saturated heterocycles. The topological polar surface area (TPSA) is 23.3 Å². The van der Waals surface area contributed by atoms with E-state index >= 15 is 0 Å². The molecule has 6 nitrogen and oxygen atoms in total. The van der Waals surface area contributed by atoms with Crippen LogP contribution in [0.1, 0.15) is 55.6 Å². The molecule has 0 amide bonds. The minimum Gasteiger partial charge on any atom is -0.194 e. The van der Waals surface area contributed by atoms with E-state index in [1.165, 1.54) is 134 Å². The Balaban J connectivity index is 0.0000000932. The zero-order valence-electron chi connectivity index (χ0n) is 50.6. The molecule has 88 heavy (non-hydrogen) atoms. The average molecular weight is 1140 g/mol. The number of fused-ring (bicyclic) bond motifs is 18. The second-order valence-corrected chi connectivity index (χ2v) is 23.8. The molecule has 0 atom stereocenters. The molecule has 6 aliphatic heterocycles. The highest BCUT2D eigenvalue weighted by Gasteiger charge is 2.30. The van der Waals surface area contributed by atoms with Crippen molar-refractivity contribution in [1.82, 2.24) is 0 Å². The summed E-state index contributed by atoms with van der Waals surface area (Å²) >= 11 is 0. The van der Waals surface area contributed by atoms with Crippen LogP contribution in [-0.2, 0) is 39.3 Å². The Morgan fingerprint density at radius 2 is 0.659 bits per heavy atom. The van der Waals surface area contributed by atoms with Gasteiger partial charge >= 0.3 is 0 Å². The normalized spacial score (nSPS) is 12.3. The Morgan fingerprint density at radius 1 is 0.227 bits per heavy atom. The second kappa shape index (κ2) is 24.4. The lowest BCUT2D eigenvalue weighted by Gasteiger charge is -2.02. The molecule has 0 aliphatic carbocycles. The highest BCUT2D eigenvalue weighted by molar-refractivity contribution is 5.74. The lowest BCUT2D eigenvalue weighted by atomic mass is 9.99. The van der Waals surface area contributed by atoms with Gasteiger partial charge in [0.1, 0.15) is 0 Å². The maximum atomic E-state index is 2.32. The molecule has 0 unspecified atom stereocenters. The molecule has 0 bridgehead atoms. The largest absolute Gasteiger partial charge is 0.216 e.